The summed E-state index contributed by atoms with van der Waals surface area (Å²) < 4.78 is 5.63. The number of aliphatic carboxylic acids is 1. The first-order valence-corrected chi connectivity index (χ1v) is 11.8. The summed E-state index contributed by atoms with van der Waals surface area (Å²) in [5.74, 6) is -1.54. The Kier molecular flexibility index (Phi) is 7.97. The van der Waals surface area contributed by atoms with Gasteiger partial charge in [0.1, 0.15) is 12.6 Å². The molecule has 182 valence electrons. The standard InChI is InChI=1S/C27H34N2O5/c1-5-10-22(25(31)32)28-24(30)15-23(27(2,3)4)29-26(33)34-16-21-19-13-8-6-11-17(19)18-12-7-9-14-20(18)21/h6-9,11-14,21-23H,5,10,15-16H2,1-4H3,(H,28,30)(H,29,33)(H,31,32)/t22-,23?/m0/s1. The van der Waals surface area contributed by atoms with E-state index in [9.17, 15) is 19.5 Å². The Morgan fingerprint density at radius 1 is 0.971 bits per heavy atom. The van der Waals surface area contributed by atoms with Gasteiger partial charge >= 0.3 is 12.1 Å². The normalized spacial score (nSPS) is 14.5. The van der Waals surface area contributed by atoms with Crippen LogP contribution in [0.4, 0.5) is 4.79 Å². The third-order valence-electron chi connectivity index (χ3n) is 6.28. The van der Waals surface area contributed by atoms with Crippen molar-refractivity contribution in [3.63, 3.8) is 0 Å². The number of alkyl carbamates (subject to hydrolysis) is 1. The second kappa shape index (κ2) is 10.7. The second-order valence-corrected chi connectivity index (χ2v) is 9.84. The first-order valence-electron chi connectivity index (χ1n) is 11.8. The molecule has 1 aliphatic rings. The molecule has 0 aromatic heterocycles. The van der Waals surface area contributed by atoms with Gasteiger partial charge in [-0.3, -0.25) is 4.79 Å². The average molecular weight is 467 g/mol. The maximum absolute atomic E-state index is 12.7. The minimum Gasteiger partial charge on any atom is -0.480 e. The number of carbonyl (C=O) groups is 3. The van der Waals surface area contributed by atoms with E-state index in [0.717, 1.165) is 22.3 Å². The number of benzene rings is 2. The molecule has 7 nitrogen and oxygen atoms in total. The van der Waals surface area contributed by atoms with Crippen LogP contribution < -0.4 is 10.6 Å². The fraction of sp³-hybridized carbons (Fsp3) is 0.444. The van der Waals surface area contributed by atoms with Crippen molar-refractivity contribution in [1.29, 1.82) is 0 Å². The monoisotopic (exact) mass is 466 g/mol. The van der Waals surface area contributed by atoms with Gasteiger partial charge in [-0.2, -0.15) is 0 Å². The third-order valence-corrected chi connectivity index (χ3v) is 6.28. The van der Waals surface area contributed by atoms with E-state index in [4.69, 9.17) is 4.74 Å². The fourth-order valence-corrected chi connectivity index (χ4v) is 4.34. The van der Waals surface area contributed by atoms with Crippen LogP contribution >= 0.6 is 0 Å². The zero-order valence-electron chi connectivity index (χ0n) is 20.3. The molecule has 2 aromatic carbocycles. The summed E-state index contributed by atoms with van der Waals surface area (Å²) in [6, 6.07) is 14.8. The van der Waals surface area contributed by atoms with E-state index in [1.807, 2.05) is 52.0 Å². The molecule has 0 spiro atoms. The average Bonchev–Trinajstić information content (AvgIpc) is 3.10. The Labute approximate surface area is 200 Å². The molecule has 0 saturated heterocycles. The first kappa shape index (κ1) is 25.3. The van der Waals surface area contributed by atoms with Gasteiger partial charge in [0.15, 0.2) is 0 Å². The molecule has 0 heterocycles. The van der Waals surface area contributed by atoms with Crippen molar-refractivity contribution in [2.75, 3.05) is 6.61 Å². The molecular weight excluding hydrogens is 432 g/mol. The van der Waals surface area contributed by atoms with Crippen LogP contribution in [-0.2, 0) is 14.3 Å². The Morgan fingerprint density at radius 2 is 1.53 bits per heavy atom. The van der Waals surface area contributed by atoms with E-state index in [-0.39, 0.29) is 18.9 Å². The summed E-state index contributed by atoms with van der Waals surface area (Å²) in [7, 11) is 0. The zero-order chi connectivity index (χ0) is 24.9. The predicted molar refractivity (Wildman–Crippen MR) is 131 cm³/mol. The molecule has 0 saturated carbocycles. The van der Waals surface area contributed by atoms with Crippen molar-refractivity contribution in [1.82, 2.24) is 10.6 Å². The maximum atomic E-state index is 12.7. The minimum atomic E-state index is -1.06. The van der Waals surface area contributed by atoms with Gasteiger partial charge in [0.05, 0.1) is 0 Å². The Bertz CT molecular complexity index is 998. The van der Waals surface area contributed by atoms with Gasteiger partial charge in [-0.25, -0.2) is 9.59 Å². The molecule has 1 unspecified atom stereocenters. The van der Waals surface area contributed by atoms with Gasteiger partial charge in [0, 0.05) is 18.4 Å². The molecule has 7 heteroatoms. The molecule has 2 atom stereocenters. The third kappa shape index (κ3) is 5.95. The minimum absolute atomic E-state index is 0.0405. The molecular formula is C27H34N2O5. The van der Waals surface area contributed by atoms with E-state index < -0.39 is 35.5 Å². The van der Waals surface area contributed by atoms with Gasteiger partial charge in [0.25, 0.3) is 0 Å². The van der Waals surface area contributed by atoms with Crippen LogP contribution in [0, 0.1) is 5.41 Å². The lowest BCUT2D eigenvalue weighted by Crippen LogP contribution is -2.49. The number of nitrogens with one attached hydrogen (secondary N) is 2. The van der Waals surface area contributed by atoms with Crippen LogP contribution in [0.15, 0.2) is 48.5 Å². The van der Waals surface area contributed by atoms with E-state index in [2.05, 4.69) is 34.9 Å². The summed E-state index contributed by atoms with van der Waals surface area (Å²) in [6.45, 7) is 7.78. The van der Waals surface area contributed by atoms with Crippen molar-refractivity contribution < 1.29 is 24.2 Å². The number of hydrogen-bond donors (Lipinski definition) is 3. The molecule has 0 fully saturated rings. The zero-order valence-corrected chi connectivity index (χ0v) is 20.3. The molecule has 3 N–H and O–H groups in total. The van der Waals surface area contributed by atoms with Gasteiger partial charge in [-0.15, -0.1) is 0 Å². The highest BCUT2D eigenvalue weighted by Crippen LogP contribution is 2.44. The largest absolute Gasteiger partial charge is 0.480 e. The van der Waals surface area contributed by atoms with Gasteiger partial charge in [0.2, 0.25) is 5.91 Å². The summed E-state index contributed by atoms with van der Waals surface area (Å²) in [5, 5.41) is 14.7. The fourth-order valence-electron chi connectivity index (χ4n) is 4.34. The molecule has 2 aromatic rings. The van der Waals surface area contributed by atoms with Crippen LogP contribution in [0.2, 0.25) is 0 Å². The Balaban J connectivity index is 1.64. The predicted octanol–water partition coefficient (Wildman–Crippen LogP) is 4.70. The molecule has 34 heavy (non-hydrogen) atoms. The van der Waals surface area contributed by atoms with Crippen LogP contribution in [0.3, 0.4) is 0 Å². The molecule has 3 rings (SSSR count). The summed E-state index contributed by atoms with van der Waals surface area (Å²) in [4.78, 5) is 36.6. The highest BCUT2D eigenvalue weighted by molar-refractivity contribution is 5.84. The molecule has 0 radical (unpaired) electrons. The van der Waals surface area contributed by atoms with E-state index in [1.165, 1.54) is 0 Å². The number of rotatable bonds is 9. The highest BCUT2D eigenvalue weighted by Gasteiger charge is 2.32. The number of amides is 2. The summed E-state index contributed by atoms with van der Waals surface area (Å²) >= 11 is 0. The van der Waals surface area contributed by atoms with Crippen molar-refractivity contribution in [2.24, 2.45) is 5.41 Å². The SMILES string of the molecule is CCC[C@H](NC(=O)CC(NC(=O)OCC1c2ccccc2-c2ccccc21)C(C)(C)C)C(=O)O. The van der Waals surface area contributed by atoms with Gasteiger partial charge in [-0.05, 0) is 34.1 Å². The first-order chi connectivity index (χ1) is 16.1. The van der Waals surface area contributed by atoms with Crippen molar-refractivity contribution in [3.8, 4) is 11.1 Å². The van der Waals surface area contributed by atoms with Crippen LogP contribution in [-0.4, -0.2) is 41.8 Å². The second-order valence-electron chi connectivity index (χ2n) is 9.84. The van der Waals surface area contributed by atoms with Crippen molar-refractivity contribution in [2.45, 2.75) is 65.0 Å². The summed E-state index contributed by atoms with van der Waals surface area (Å²) in [6.07, 6.45) is 0.346. The highest BCUT2D eigenvalue weighted by atomic mass is 16.5. The number of carbonyl (C=O) groups excluding carboxylic acids is 2. The quantitative estimate of drug-likeness (QED) is 0.497. The number of carboxylic acid groups (broad SMARTS) is 1. The van der Waals surface area contributed by atoms with E-state index >= 15 is 0 Å². The summed E-state index contributed by atoms with van der Waals surface area (Å²) in [5.41, 5.74) is 4.11. The van der Waals surface area contributed by atoms with Crippen LogP contribution in [0.5, 0.6) is 0 Å². The van der Waals surface area contributed by atoms with Gasteiger partial charge in [-0.1, -0.05) is 82.6 Å². The van der Waals surface area contributed by atoms with Crippen molar-refractivity contribution in [3.05, 3.63) is 59.7 Å². The lowest BCUT2D eigenvalue weighted by Gasteiger charge is -2.31. The van der Waals surface area contributed by atoms with E-state index in [1.54, 1.807) is 0 Å². The molecule has 0 aliphatic heterocycles. The Morgan fingerprint density at radius 3 is 2.03 bits per heavy atom. The molecule has 0 bridgehead atoms. The number of carboxylic acids is 1. The lowest BCUT2D eigenvalue weighted by atomic mass is 9.84. The maximum Gasteiger partial charge on any atom is 0.407 e. The Hall–Kier alpha value is -3.35. The lowest BCUT2D eigenvalue weighted by molar-refractivity contribution is -0.142. The number of fused-ring (bicyclic) bond motifs is 3. The van der Waals surface area contributed by atoms with E-state index in [0.29, 0.717) is 12.8 Å². The van der Waals surface area contributed by atoms with Crippen LogP contribution in [0.25, 0.3) is 11.1 Å². The molecule has 1 aliphatic carbocycles. The van der Waals surface area contributed by atoms with Crippen molar-refractivity contribution >= 4 is 18.0 Å². The topological polar surface area (TPSA) is 105 Å². The number of hydrogen-bond acceptors (Lipinski definition) is 4. The smallest absolute Gasteiger partial charge is 0.407 e. The van der Waals surface area contributed by atoms with Gasteiger partial charge < -0.3 is 20.5 Å². The number of ether oxygens (including phenoxy) is 1. The molecule has 2 amide bonds. The van der Waals surface area contributed by atoms with Crippen LogP contribution in [0.1, 0.15) is 64.0 Å².